The summed E-state index contributed by atoms with van der Waals surface area (Å²) < 4.78 is 11.0. The summed E-state index contributed by atoms with van der Waals surface area (Å²) in [6, 6.07) is 14.3. The van der Waals surface area contributed by atoms with Crippen molar-refractivity contribution in [3.63, 3.8) is 0 Å². The molecule has 2 aromatic rings. The minimum atomic E-state index is -0.505. The molecule has 1 aliphatic heterocycles. The monoisotopic (exact) mass is 359 g/mol. The molecule has 5 nitrogen and oxygen atoms in total. The third-order valence-electron chi connectivity index (χ3n) is 3.97. The maximum atomic E-state index is 12.4. The zero-order valence-corrected chi connectivity index (χ0v) is 14.5. The molecule has 0 N–H and O–H groups in total. The summed E-state index contributed by atoms with van der Waals surface area (Å²) in [5.41, 5.74) is 1.30. The quantitative estimate of drug-likeness (QED) is 0.780. The Bertz CT molecular complexity index is 792. The number of anilines is 1. The van der Waals surface area contributed by atoms with Crippen LogP contribution in [0.2, 0.25) is 5.02 Å². The minimum Gasteiger partial charge on any atom is -0.491 e. The van der Waals surface area contributed by atoms with Gasteiger partial charge in [0.25, 0.3) is 0 Å². The molecule has 0 aromatic heterocycles. The SMILES string of the molecule is C[C@H](OC(=O)CN1C(=O)CCOc2ccccc21)c1ccccc1Cl. The molecule has 0 saturated carbocycles. The van der Waals surface area contributed by atoms with Gasteiger partial charge in [-0.15, -0.1) is 0 Å². The van der Waals surface area contributed by atoms with Crippen LogP contribution in [0.15, 0.2) is 48.5 Å². The lowest BCUT2D eigenvalue weighted by molar-refractivity contribution is -0.147. The van der Waals surface area contributed by atoms with Crippen molar-refractivity contribution in [1.29, 1.82) is 0 Å². The fraction of sp³-hybridized carbons (Fsp3) is 0.263. The zero-order valence-electron chi connectivity index (χ0n) is 13.8. The Labute approximate surface area is 151 Å². The van der Waals surface area contributed by atoms with Crippen LogP contribution in [0.3, 0.4) is 0 Å². The predicted molar refractivity (Wildman–Crippen MR) is 94.9 cm³/mol. The van der Waals surface area contributed by atoms with Crippen LogP contribution in [0.4, 0.5) is 5.69 Å². The van der Waals surface area contributed by atoms with E-state index in [2.05, 4.69) is 0 Å². The first kappa shape index (κ1) is 17.3. The Morgan fingerprint density at radius 1 is 1.24 bits per heavy atom. The van der Waals surface area contributed by atoms with Crippen LogP contribution in [0, 0.1) is 0 Å². The lowest BCUT2D eigenvalue weighted by atomic mass is 10.1. The minimum absolute atomic E-state index is 0.173. The van der Waals surface area contributed by atoms with Crippen molar-refractivity contribution in [3.8, 4) is 5.75 Å². The molecule has 0 spiro atoms. The van der Waals surface area contributed by atoms with E-state index in [1.165, 1.54) is 4.90 Å². The zero-order chi connectivity index (χ0) is 17.8. The Morgan fingerprint density at radius 2 is 1.96 bits per heavy atom. The average molecular weight is 360 g/mol. The molecule has 0 bridgehead atoms. The molecule has 1 amide bonds. The van der Waals surface area contributed by atoms with Crippen molar-refractivity contribution in [2.45, 2.75) is 19.4 Å². The largest absolute Gasteiger partial charge is 0.491 e. The molecule has 1 atom stereocenters. The first-order valence-corrected chi connectivity index (χ1v) is 8.40. The average Bonchev–Trinajstić information content (AvgIpc) is 2.75. The van der Waals surface area contributed by atoms with Gasteiger partial charge in [0.2, 0.25) is 5.91 Å². The van der Waals surface area contributed by atoms with E-state index in [1.54, 1.807) is 37.3 Å². The third kappa shape index (κ3) is 3.94. The number of ether oxygens (including phenoxy) is 2. The molecule has 1 aliphatic rings. The Hall–Kier alpha value is -2.53. The van der Waals surface area contributed by atoms with Crippen molar-refractivity contribution < 1.29 is 19.1 Å². The fourth-order valence-electron chi connectivity index (χ4n) is 2.72. The molecule has 0 aliphatic carbocycles. The van der Waals surface area contributed by atoms with Gasteiger partial charge in [0, 0.05) is 10.6 Å². The van der Waals surface area contributed by atoms with E-state index >= 15 is 0 Å². The number of hydrogen-bond acceptors (Lipinski definition) is 4. The standard InChI is InChI=1S/C19H18ClNO4/c1-13(14-6-2-3-7-15(14)20)25-19(23)12-21-16-8-4-5-9-17(16)24-11-10-18(21)22/h2-9,13H,10-12H2,1H3/t13-/m0/s1. The second kappa shape index (κ2) is 7.57. The highest BCUT2D eigenvalue weighted by Gasteiger charge is 2.26. The highest BCUT2D eigenvalue weighted by Crippen LogP contribution is 2.31. The maximum Gasteiger partial charge on any atom is 0.326 e. The van der Waals surface area contributed by atoms with E-state index in [-0.39, 0.29) is 25.5 Å². The molecule has 1 heterocycles. The number of fused-ring (bicyclic) bond motifs is 1. The maximum absolute atomic E-state index is 12.4. The summed E-state index contributed by atoms with van der Waals surface area (Å²) >= 11 is 6.13. The highest BCUT2D eigenvalue weighted by atomic mass is 35.5. The molecule has 25 heavy (non-hydrogen) atoms. The molecule has 6 heteroatoms. The highest BCUT2D eigenvalue weighted by molar-refractivity contribution is 6.31. The van der Waals surface area contributed by atoms with Gasteiger partial charge >= 0.3 is 5.97 Å². The van der Waals surface area contributed by atoms with Crippen LogP contribution in [0.1, 0.15) is 25.0 Å². The molecule has 0 fully saturated rings. The van der Waals surface area contributed by atoms with E-state index in [0.717, 1.165) is 5.56 Å². The number of carbonyl (C=O) groups excluding carboxylic acids is 2. The number of para-hydroxylation sites is 2. The van der Waals surface area contributed by atoms with Gasteiger partial charge in [-0.05, 0) is 25.1 Å². The molecule has 3 rings (SSSR count). The molecule has 0 saturated heterocycles. The van der Waals surface area contributed by atoms with Gasteiger partial charge < -0.3 is 9.47 Å². The van der Waals surface area contributed by atoms with Gasteiger partial charge in [0.15, 0.2) is 0 Å². The number of amides is 1. The number of esters is 1. The first-order valence-electron chi connectivity index (χ1n) is 8.02. The van der Waals surface area contributed by atoms with Gasteiger partial charge in [0.1, 0.15) is 18.4 Å². The summed E-state index contributed by atoms with van der Waals surface area (Å²) in [6.45, 7) is 1.87. The number of rotatable bonds is 4. The van der Waals surface area contributed by atoms with Crippen molar-refractivity contribution in [1.82, 2.24) is 0 Å². The van der Waals surface area contributed by atoms with Crippen LogP contribution in [0.5, 0.6) is 5.75 Å². The fourth-order valence-corrected chi connectivity index (χ4v) is 3.01. The van der Waals surface area contributed by atoms with Gasteiger partial charge in [0.05, 0.1) is 18.7 Å². The number of benzene rings is 2. The van der Waals surface area contributed by atoms with E-state index in [1.807, 2.05) is 18.2 Å². The molecular weight excluding hydrogens is 342 g/mol. The number of hydrogen-bond donors (Lipinski definition) is 0. The van der Waals surface area contributed by atoms with Crippen molar-refractivity contribution >= 4 is 29.2 Å². The van der Waals surface area contributed by atoms with Crippen LogP contribution in [0.25, 0.3) is 0 Å². The van der Waals surface area contributed by atoms with Crippen LogP contribution < -0.4 is 9.64 Å². The van der Waals surface area contributed by atoms with Crippen molar-refractivity contribution in [2.75, 3.05) is 18.1 Å². The molecule has 2 aromatic carbocycles. The van der Waals surface area contributed by atoms with Crippen LogP contribution in [-0.2, 0) is 14.3 Å². The van der Waals surface area contributed by atoms with Gasteiger partial charge in [-0.25, -0.2) is 0 Å². The van der Waals surface area contributed by atoms with Gasteiger partial charge in [-0.1, -0.05) is 41.9 Å². The number of carbonyl (C=O) groups is 2. The van der Waals surface area contributed by atoms with E-state index in [9.17, 15) is 9.59 Å². The molecule has 0 unspecified atom stereocenters. The van der Waals surface area contributed by atoms with Gasteiger partial charge in [-0.3, -0.25) is 14.5 Å². The second-order valence-electron chi connectivity index (χ2n) is 5.70. The third-order valence-corrected chi connectivity index (χ3v) is 4.31. The van der Waals surface area contributed by atoms with E-state index in [4.69, 9.17) is 21.1 Å². The van der Waals surface area contributed by atoms with Gasteiger partial charge in [-0.2, -0.15) is 0 Å². The smallest absolute Gasteiger partial charge is 0.326 e. The van der Waals surface area contributed by atoms with Crippen LogP contribution in [-0.4, -0.2) is 25.0 Å². The van der Waals surface area contributed by atoms with E-state index in [0.29, 0.717) is 16.5 Å². The summed E-state index contributed by atoms with van der Waals surface area (Å²) in [7, 11) is 0. The summed E-state index contributed by atoms with van der Waals surface area (Å²) in [5, 5.41) is 0.535. The summed E-state index contributed by atoms with van der Waals surface area (Å²) in [6.07, 6.45) is -0.294. The van der Waals surface area contributed by atoms with Crippen molar-refractivity contribution in [3.05, 3.63) is 59.1 Å². The van der Waals surface area contributed by atoms with E-state index < -0.39 is 12.1 Å². The predicted octanol–water partition coefficient (Wildman–Crippen LogP) is 3.76. The summed E-state index contributed by atoms with van der Waals surface area (Å²) in [5.74, 6) is -0.0925. The van der Waals surface area contributed by atoms with Crippen molar-refractivity contribution in [2.24, 2.45) is 0 Å². The molecule has 0 radical (unpaired) electrons. The number of halogens is 1. The second-order valence-corrected chi connectivity index (χ2v) is 6.11. The molecule has 130 valence electrons. The Morgan fingerprint density at radius 3 is 2.76 bits per heavy atom. The normalized spacial score (nSPS) is 15.0. The molecular formula is C19H18ClNO4. The topological polar surface area (TPSA) is 55.8 Å². The number of nitrogens with zero attached hydrogens (tertiary/aromatic N) is 1. The summed E-state index contributed by atoms with van der Waals surface area (Å²) in [4.78, 5) is 26.1. The Balaban J connectivity index is 1.74. The van der Waals surface area contributed by atoms with Crippen LogP contribution >= 0.6 is 11.6 Å². The lowest BCUT2D eigenvalue weighted by Crippen LogP contribution is -2.36. The first-order chi connectivity index (χ1) is 12.1. The lowest BCUT2D eigenvalue weighted by Gasteiger charge is -2.22. The Kier molecular flexibility index (Phi) is 5.24.